The van der Waals surface area contributed by atoms with E-state index in [9.17, 15) is 4.21 Å². The van der Waals surface area contributed by atoms with Crippen molar-refractivity contribution in [3.8, 4) is 11.3 Å². The molecule has 0 bridgehead atoms. The van der Waals surface area contributed by atoms with Crippen molar-refractivity contribution in [2.75, 3.05) is 12.3 Å². The van der Waals surface area contributed by atoms with Gasteiger partial charge < -0.3 is 15.1 Å². The van der Waals surface area contributed by atoms with E-state index in [0.717, 1.165) is 55.3 Å². The predicted molar refractivity (Wildman–Crippen MR) is 135 cm³/mol. The van der Waals surface area contributed by atoms with Crippen LogP contribution in [0.3, 0.4) is 0 Å². The molecule has 0 radical (unpaired) electrons. The normalized spacial score (nSPS) is 20.3. The molecule has 1 saturated carbocycles. The van der Waals surface area contributed by atoms with E-state index in [1.54, 1.807) is 6.20 Å². The van der Waals surface area contributed by atoms with E-state index in [-0.39, 0.29) is 29.2 Å². The minimum atomic E-state index is -0.728. The summed E-state index contributed by atoms with van der Waals surface area (Å²) in [6.07, 6.45) is 5.93. The van der Waals surface area contributed by atoms with E-state index in [2.05, 4.69) is 39.7 Å². The van der Waals surface area contributed by atoms with Gasteiger partial charge in [0.15, 0.2) is 11.7 Å². The average Bonchev–Trinajstić information content (AvgIpc) is 3.21. The number of halogens is 1. The van der Waals surface area contributed by atoms with Crippen LogP contribution in [0, 0.1) is 6.92 Å². The van der Waals surface area contributed by atoms with Crippen molar-refractivity contribution >= 4 is 40.7 Å². The van der Waals surface area contributed by atoms with Crippen LogP contribution in [0.4, 0.5) is 0 Å². The highest BCUT2D eigenvalue weighted by Crippen LogP contribution is 2.23. The SMILES string of the molecule is CCNC(=NCc1ncc(-c2ccc(C)cc2)o1)NC1CCCC(S(=O)CC)C1.I. The van der Waals surface area contributed by atoms with Crippen molar-refractivity contribution in [2.45, 2.75) is 64.3 Å². The Hall–Kier alpha value is -1.42. The summed E-state index contributed by atoms with van der Waals surface area (Å²) in [5, 5.41) is 7.10. The number of aryl methyl sites for hydroxylation is 1. The lowest BCUT2D eigenvalue weighted by Crippen LogP contribution is -2.46. The van der Waals surface area contributed by atoms with E-state index in [0.29, 0.717) is 18.5 Å². The summed E-state index contributed by atoms with van der Waals surface area (Å²) in [6.45, 7) is 7.27. The van der Waals surface area contributed by atoms with Gasteiger partial charge in [0, 0.05) is 40.0 Å². The fourth-order valence-electron chi connectivity index (χ4n) is 3.65. The molecule has 30 heavy (non-hydrogen) atoms. The van der Waals surface area contributed by atoms with Crippen molar-refractivity contribution in [1.82, 2.24) is 15.6 Å². The number of aliphatic imine (C=N–C) groups is 1. The van der Waals surface area contributed by atoms with Crippen LogP contribution in [0.5, 0.6) is 0 Å². The van der Waals surface area contributed by atoms with Gasteiger partial charge in [-0.2, -0.15) is 0 Å². The Kier molecular flexibility index (Phi) is 10.3. The Morgan fingerprint density at radius 1 is 1.27 bits per heavy atom. The molecular formula is C22H33IN4O2S. The molecule has 3 rings (SSSR count). The zero-order valence-corrected chi connectivity index (χ0v) is 21.2. The van der Waals surface area contributed by atoms with Gasteiger partial charge in [0.2, 0.25) is 5.89 Å². The molecule has 1 aliphatic rings. The number of benzene rings is 1. The molecule has 1 fully saturated rings. The quantitative estimate of drug-likeness (QED) is 0.307. The highest BCUT2D eigenvalue weighted by molar-refractivity contribution is 14.0. The second kappa shape index (κ2) is 12.4. The molecule has 0 spiro atoms. The Morgan fingerprint density at radius 2 is 2.03 bits per heavy atom. The highest BCUT2D eigenvalue weighted by Gasteiger charge is 2.26. The molecular weight excluding hydrogens is 511 g/mol. The first-order valence-corrected chi connectivity index (χ1v) is 11.9. The summed E-state index contributed by atoms with van der Waals surface area (Å²) in [4.78, 5) is 9.02. The van der Waals surface area contributed by atoms with Gasteiger partial charge in [0.05, 0.1) is 6.20 Å². The molecule has 3 atom stereocenters. The second-order valence-corrected chi connectivity index (χ2v) is 9.48. The molecule has 1 heterocycles. The number of hydrogen-bond donors (Lipinski definition) is 2. The molecule has 166 valence electrons. The fraction of sp³-hybridized carbons (Fsp3) is 0.545. The van der Waals surface area contributed by atoms with Crippen LogP contribution in [-0.4, -0.2) is 38.7 Å². The van der Waals surface area contributed by atoms with E-state index in [1.165, 1.54) is 5.56 Å². The summed E-state index contributed by atoms with van der Waals surface area (Å²) < 4.78 is 18.1. The fourth-order valence-corrected chi connectivity index (χ4v) is 4.99. The van der Waals surface area contributed by atoms with Gasteiger partial charge in [-0.3, -0.25) is 4.21 Å². The third-order valence-corrected chi connectivity index (χ3v) is 6.97. The zero-order valence-electron chi connectivity index (χ0n) is 18.0. The number of nitrogens with zero attached hydrogens (tertiary/aromatic N) is 2. The number of aromatic nitrogens is 1. The number of guanidine groups is 1. The second-order valence-electron chi connectivity index (χ2n) is 7.48. The molecule has 1 aromatic carbocycles. The molecule has 0 aliphatic heterocycles. The summed E-state index contributed by atoms with van der Waals surface area (Å²) >= 11 is 0. The van der Waals surface area contributed by atoms with Crippen LogP contribution in [0.25, 0.3) is 11.3 Å². The van der Waals surface area contributed by atoms with Crippen LogP contribution >= 0.6 is 24.0 Å². The minimum absolute atomic E-state index is 0. The van der Waals surface area contributed by atoms with Crippen LogP contribution in [0.1, 0.15) is 51.0 Å². The standard InChI is InChI=1S/C22H32N4O2S.HI/c1-4-23-22(26-18-7-6-8-19(13-18)29(27)5-2)25-15-21-24-14-20(28-21)17-11-9-16(3)10-12-17;/h9-12,14,18-19H,4-8,13,15H2,1-3H3,(H2,23,25,26);1H. The molecule has 8 heteroatoms. The topological polar surface area (TPSA) is 79.5 Å². The van der Waals surface area contributed by atoms with Crippen molar-refractivity contribution in [1.29, 1.82) is 0 Å². The van der Waals surface area contributed by atoms with Crippen molar-refractivity contribution in [3.05, 3.63) is 41.9 Å². The maximum absolute atomic E-state index is 12.2. The Labute approximate surface area is 199 Å². The molecule has 6 nitrogen and oxygen atoms in total. The average molecular weight is 545 g/mol. The van der Waals surface area contributed by atoms with Crippen LogP contribution < -0.4 is 10.6 Å². The number of oxazole rings is 1. The van der Waals surface area contributed by atoms with E-state index < -0.39 is 10.8 Å². The minimum Gasteiger partial charge on any atom is -0.439 e. The molecule has 2 N–H and O–H groups in total. The molecule has 2 aromatic rings. The first-order chi connectivity index (χ1) is 14.1. The lowest BCUT2D eigenvalue weighted by molar-refractivity contribution is 0.413. The maximum atomic E-state index is 12.2. The first kappa shape index (κ1) is 24.8. The van der Waals surface area contributed by atoms with Gasteiger partial charge >= 0.3 is 0 Å². The maximum Gasteiger partial charge on any atom is 0.216 e. The summed E-state index contributed by atoms with van der Waals surface area (Å²) in [7, 11) is -0.728. The summed E-state index contributed by atoms with van der Waals surface area (Å²) in [6, 6.07) is 8.50. The number of nitrogens with one attached hydrogen (secondary N) is 2. The van der Waals surface area contributed by atoms with Gasteiger partial charge in [0.25, 0.3) is 0 Å². The van der Waals surface area contributed by atoms with Gasteiger partial charge in [-0.15, -0.1) is 24.0 Å². The van der Waals surface area contributed by atoms with Gasteiger partial charge in [-0.05, 0) is 33.1 Å². The smallest absolute Gasteiger partial charge is 0.216 e. The lowest BCUT2D eigenvalue weighted by Gasteiger charge is -2.30. The Balaban J connectivity index is 0.00000320. The molecule has 1 aliphatic carbocycles. The number of hydrogen-bond acceptors (Lipinski definition) is 4. The van der Waals surface area contributed by atoms with E-state index in [4.69, 9.17) is 4.42 Å². The number of rotatable bonds is 7. The van der Waals surface area contributed by atoms with Crippen LogP contribution in [0.15, 0.2) is 39.9 Å². The zero-order chi connectivity index (χ0) is 20.6. The predicted octanol–water partition coefficient (Wildman–Crippen LogP) is 4.40. The molecule has 3 unspecified atom stereocenters. The largest absolute Gasteiger partial charge is 0.439 e. The van der Waals surface area contributed by atoms with Crippen molar-refractivity contribution < 1.29 is 8.63 Å². The molecule has 0 amide bonds. The summed E-state index contributed by atoms with van der Waals surface area (Å²) in [5.41, 5.74) is 2.23. The van der Waals surface area contributed by atoms with Gasteiger partial charge in [0.1, 0.15) is 6.54 Å². The molecule has 1 aromatic heterocycles. The lowest BCUT2D eigenvalue weighted by atomic mass is 9.95. The van der Waals surface area contributed by atoms with Crippen LogP contribution in [-0.2, 0) is 17.3 Å². The monoisotopic (exact) mass is 544 g/mol. The third-order valence-electron chi connectivity index (χ3n) is 5.23. The Bertz CT molecular complexity index is 838. The third kappa shape index (κ3) is 7.08. The van der Waals surface area contributed by atoms with Crippen molar-refractivity contribution in [2.24, 2.45) is 4.99 Å². The van der Waals surface area contributed by atoms with Crippen LogP contribution in [0.2, 0.25) is 0 Å². The summed E-state index contributed by atoms with van der Waals surface area (Å²) in [5.74, 6) is 2.84. The highest BCUT2D eigenvalue weighted by atomic mass is 127. The van der Waals surface area contributed by atoms with E-state index in [1.807, 2.05) is 26.0 Å². The van der Waals surface area contributed by atoms with Gasteiger partial charge in [-0.25, -0.2) is 9.98 Å². The van der Waals surface area contributed by atoms with Gasteiger partial charge in [-0.1, -0.05) is 43.2 Å². The van der Waals surface area contributed by atoms with E-state index >= 15 is 0 Å². The molecule has 0 saturated heterocycles. The Morgan fingerprint density at radius 3 is 2.73 bits per heavy atom. The first-order valence-electron chi connectivity index (χ1n) is 10.5. The van der Waals surface area contributed by atoms with Crippen molar-refractivity contribution in [3.63, 3.8) is 0 Å².